The second-order valence-electron chi connectivity index (χ2n) is 4.03. The largest absolute Gasteiger partial charge is 0.466 e. The summed E-state index contributed by atoms with van der Waals surface area (Å²) in [4.78, 5) is 13.2. The quantitative estimate of drug-likeness (QED) is 0.752. The van der Waals surface area contributed by atoms with Crippen molar-refractivity contribution in [3.8, 4) is 0 Å². The van der Waals surface area contributed by atoms with Gasteiger partial charge in [0.2, 0.25) is 0 Å². The number of hydrogen-bond donors (Lipinski definition) is 0. The lowest BCUT2D eigenvalue weighted by Gasteiger charge is -2.17. The lowest BCUT2D eigenvalue weighted by Crippen LogP contribution is -2.22. The van der Waals surface area contributed by atoms with Crippen LogP contribution in [0.5, 0.6) is 0 Å². The van der Waals surface area contributed by atoms with E-state index in [1.807, 2.05) is 24.1 Å². The molecule has 0 saturated carbocycles. The third-order valence-electron chi connectivity index (χ3n) is 2.46. The Morgan fingerprint density at radius 1 is 1.39 bits per heavy atom. The predicted molar refractivity (Wildman–Crippen MR) is 74.0 cm³/mol. The number of hydrogen-bond acceptors (Lipinski definition) is 3. The number of rotatable bonds is 6. The summed E-state index contributed by atoms with van der Waals surface area (Å²) in [6.07, 6.45) is 0.384. The van der Waals surface area contributed by atoms with E-state index >= 15 is 0 Å². The fourth-order valence-corrected chi connectivity index (χ4v) is 2.00. The molecule has 0 amide bonds. The minimum Gasteiger partial charge on any atom is -0.466 e. The summed E-state index contributed by atoms with van der Waals surface area (Å²) < 4.78 is 4.87. The van der Waals surface area contributed by atoms with Crippen LogP contribution in [0, 0.1) is 0 Å². The Morgan fingerprint density at radius 2 is 2.11 bits per heavy atom. The Hall–Kier alpha value is -0.770. The molecule has 0 aliphatic rings. The predicted octanol–water partition coefficient (Wildman–Crippen LogP) is 3.38. The van der Waals surface area contributed by atoms with Gasteiger partial charge in [-0.3, -0.25) is 4.79 Å². The summed E-state index contributed by atoms with van der Waals surface area (Å²) in [5, 5.41) is 1.27. The van der Waals surface area contributed by atoms with Crippen molar-refractivity contribution in [1.29, 1.82) is 0 Å². The average Bonchev–Trinajstić information content (AvgIpc) is 2.31. The zero-order valence-electron chi connectivity index (χ0n) is 10.6. The van der Waals surface area contributed by atoms with Gasteiger partial charge in [-0.1, -0.05) is 29.3 Å². The van der Waals surface area contributed by atoms with Crippen molar-refractivity contribution in [3.63, 3.8) is 0 Å². The highest BCUT2D eigenvalue weighted by Crippen LogP contribution is 2.21. The molecule has 0 saturated heterocycles. The molecule has 0 heterocycles. The van der Waals surface area contributed by atoms with Gasteiger partial charge in [0.15, 0.2) is 0 Å². The van der Waals surface area contributed by atoms with Crippen LogP contribution in [-0.4, -0.2) is 31.1 Å². The van der Waals surface area contributed by atoms with Crippen molar-refractivity contribution >= 4 is 29.2 Å². The van der Waals surface area contributed by atoms with Gasteiger partial charge in [0.05, 0.1) is 13.0 Å². The standard InChI is InChI=1S/C13H17Cl2NO2/c1-3-18-13(17)6-7-16(2)9-10-4-5-11(14)8-12(10)15/h4-5,8H,3,6-7,9H2,1-2H3. The van der Waals surface area contributed by atoms with E-state index in [-0.39, 0.29) is 5.97 Å². The fourth-order valence-electron chi connectivity index (χ4n) is 1.54. The molecule has 0 aromatic heterocycles. The van der Waals surface area contributed by atoms with E-state index in [0.29, 0.717) is 36.2 Å². The third kappa shape index (κ3) is 5.25. The Morgan fingerprint density at radius 3 is 2.72 bits per heavy atom. The van der Waals surface area contributed by atoms with Gasteiger partial charge in [0.25, 0.3) is 0 Å². The Labute approximate surface area is 118 Å². The van der Waals surface area contributed by atoms with Gasteiger partial charge >= 0.3 is 5.97 Å². The number of halogens is 2. The van der Waals surface area contributed by atoms with Crippen LogP contribution in [0.1, 0.15) is 18.9 Å². The molecule has 100 valence electrons. The van der Waals surface area contributed by atoms with Gasteiger partial charge in [0, 0.05) is 23.1 Å². The van der Waals surface area contributed by atoms with Crippen molar-refractivity contribution in [2.45, 2.75) is 19.9 Å². The second-order valence-corrected chi connectivity index (χ2v) is 4.87. The first-order valence-electron chi connectivity index (χ1n) is 5.81. The van der Waals surface area contributed by atoms with E-state index in [4.69, 9.17) is 27.9 Å². The van der Waals surface area contributed by atoms with Gasteiger partial charge in [-0.25, -0.2) is 0 Å². The van der Waals surface area contributed by atoms with E-state index < -0.39 is 0 Å². The Balaban J connectivity index is 2.44. The van der Waals surface area contributed by atoms with Crippen LogP contribution in [0.2, 0.25) is 10.0 Å². The molecule has 3 nitrogen and oxygen atoms in total. The second kappa shape index (κ2) is 7.62. The number of esters is 1. The minimum absolute atomic E-state index is 0.174. The third-order valence-corrected chi connectivity index (χ3v) is 3.05. The Bertz CT molecular complexity index is 410. The van der Waals surface area contributed by atoms with Crippen LogP contribution in [0.3, 0.4) is 0 Å². The highest BCUT2D eigenvalue weighted by molar-refractivity contribution is 6.35. The molecule has 0 spiro atoms. The molecule has 1 rings (SSSR count). The lowest BCUT2D eigenvalue weighted by molar-refractivity contribution is -0.143. The number of benzene rings is 1. The zero-order valence-corrected chi connectivity index (χ0v) is 12.1. The van der Waals surface area contributed by atoms with Crippen LogP contribution < -0.4 is 0 Å². The van der Waals surface area contributed by atoms with Gasteiger partial charge in [-0.2, -0.15) is 0 Å². The van der Waals surface area contributed by atoms with Gasteiger partial charge in [0.1, 0.15) is 0 Å². The normalized spacial score (nSPS) is 10.7. The summed E-state index contributed by atoms with van der Waals surface area (Å²) in [5.74, 6) is -0.174. The molecule has 0 atom stereocenters. The number of carbonyl (C=O) groups is 1. The molecule has 0 N–H and O–H groups in total. The summed E-state index contributed by atoms with van der Waals surface area (Å²) in [5.41, 5.74) is 0.993. The highest BCUT2D eigenvalue weighted by atomic mass is 35.5. The van der Waals surface area contributed by atoms with E-state index in [9.17, 15) is 4.79 Å². The van der Waals surface area contributed by atoms with Crippen molar-refractivity contribution < 1.29 is 9.53 Å². The zero-order chi connectivity index (χ0) is 13.5. The molecular formula is C13H17Cl2NO2. The monoisotopic (exact) mass is 289 g/mol. The molecule has 1 aromatic rings. The van der Waals surface area contributed by atoms with E-state index in [0.717, 1.165) is 5.56 Å². The molecule has 0 unspecified atom stereocenters. The Kier molecular flexibility index (Phi) is 6.47. The summed E-state index contributed by atoms with van der Waals surface area (Å²) in [7, 11) is 1.93. The average molecular weight is 290 g/mol. The van der Waals surface area contributed by atoms with Crippen LogP contribution in [0.4, 0.5) is 0 Å². The maximum Gasteiger partial charge on any atom is 0.307 e. The lowest BCUT2D eigenvalue weighted by atomic mass is 10.2. The van der Waals surface area contributed by atoms with Gasteiger partial charge in [-0.05, 0) is 31.7 Å². The molecule has 0 fully saturated rings. The van der Waals surface area contributed by atoms with Crippen molar-refractivity contribution in [3.05, 3.63) is 33.8 Å². The van der Waals surface area contributed by atoms with Crippen molar-refractivity contribution in [2.75, 3.05) is 20.2 Å². The van der Waals surface area contributed by atoms with Crippen LogP contribution >= 0.6 is 23.2 Å². The van der Waals surface area contributed by atoms with E-state index in [2.05, 4.69) is 0 Å². The van der Waals surface area contributed by atoms with Crippen molar-refractivity contribution in [2.24, 2.45) is 0 Å². The van der Waals surface area contributed by atoms with E-state index in [1.54, 1.807) is 13.0 Å². The van der Waals surface area contributed by atoms with Gasteiger partial charge < -0.3 is 9.64 Å². The first-order valence-corrected chi connectivity index (χ1v) is 6.56. The van der Waals surface area contributed by atoms with Crippen LogP contribution in [-0.2, 0) is 16.1 Å². The minimum atomic E-state index is -0.174. The topological polar surface area (TPSA) is 29.5 Å². The van der Waals surface area contributed by atoms with Gasteiger partial charge in [-0.15, -0.1) is 0 Å². The number of carbonyl (C=O) groups excluding carboxylic acids is 1. The summed E-state index contributed by atoms with van der Waals surface area (Å²) in [6, 6.07) is 5.42. The SMILES string of the molecule is CCOC(=O)CCN(C)Cc1ccc(Cl)cc1Cl. The first-order chi connectivity index (χ1) is 8.52. The highest BCUT2D eigenvalue weighted by Gasteiger charge is 2.08. The molecule has 1 aromatic carbocycles. The first kappa shape index (κ1) is 15.3. The maximum atomic E-state index is 11.2. The van der Waals surface area contributed by atoms with E-state index in [1.165, 1.54) is 0 Å². The smallest absolute Gasteiger partial charge is 0.307 e. The van der Waals surface area contributed by atoms with Crippen LogP contribution in [0.15, 0.2) is 18.2 Å². The molecule has 0 aliphatic carbocycles. The number of nitrogens with zero attached hydrogens (tertiary/aromatic N) is 1. The summed E-state index contributed by atoms with van der Waals surface area (Å²) in [6.45, 7) is 3.54. The maximum absolute atomic E-state index is 11.2. The van der Waals surface area contributed by atoms with Crippen LogP contribution in [0.25, 0.3) is 0 Å². The van der Waals surface area contributed by atoms with Crippen molar-refractivity contribution in [1.82, 2.24) is 4.90 Å². The fraction of sp³-hybridized carbons (Fsp3) is 0.462. The molecule has 5 heteroatoms. The summed E-state index contributed by atoms with van der Waals surface area (Å²) >= 11 is 11.9. The molecule has 18 heavy (non-hydrogen) atoms. The molecular weight excluding hydrogens is 273 g/mol. The molecule has 0 aliphatic heterocycles. The number of ether oxygens (including phenoxy) is 1. The molecule has 0 radical (unpaired) electrons. The molecule has 0 bridgehead atoms.